The Bertz CT molecular complexity index is 640. The maximum atomic E-state index is 11.9. The second-order valence-electron chi connectivity index (χ2n) is 6.43. The molecule has 0 radical (unpaired) electrons. The molecule has 0 aromatic heterocycles. The SMILES string of the molecule is CCOC(=O)C1CCN(C(=NC)NCCc2ccc(OC)c(OC)c2)CC1. The van der Waals surface area contributed by atoms with Crippen molar-refractivity contribution < 1.29 is 19.0 Å². The number of benzene rings is 1. The zero-order valence-electron chi connectivity index (χ0n) is 16.8. The number of rotatable bonds is 7. The van der Waals surface area contributed by atoms with Gasteiger partial charge in [0.25, 0.3) is 0 Å². The molecule has 0 saturated carbocycles. The van der Waals surface area contributed by atoms with Gasteiger partial charge in [0.2, 0.25) is 0 Å². The van der Waals surface area contributed by atoms with E-state index in [0.29, 0.717) is 6.61 Å². The summed E-state index contributed by atoms with van der Waals surface area (Å²) in [5.41, 5.74) is 1.16. The Labute approximate surface area is 161 Å². The van der Waals surface area contributed by atoms with Crippen molar-refractivity contribution in [3.63, 3.8) is 0 Å². The quantitative estimate of drug-likeness (QED) is 0.446. The van der Waals surface area contributed by atoms with Gasteiger partial charge in [-0.25, -0.2) is 0 Å². The van der Waals surface area contributed by atoms with E-state index in [2.05, 4.69) is 15.2 Å². The van der Waals surface area contributed by atoms with Gasteiger partial charge < -0.3 is 24.4 Å². The molecule has 1 heterocycles. The molecule has 7 nitrogen and oxygen atoms in total. The zero-order valence-corrected chi connectivity index (χ0v) is 16.8. The number of carbonyl (C=O) groups excluding carboxylic acids is 1. The number of hydrogen-bond donors (Lipinski definition) is 1. The molecule has 150 valence electrons. The van der Waals surface area contributed by atoms with Crippen LogP contribution in [0.1, 0.15) is 25.3 Å². The van der Waals surface area contributed by atoms with Crippen molar-refractivity contribution in [2.75, 3.05) is 47.5 Å². The summed E-state index contributed by atoms with van der Waals surface area (Å²) >= 11 is 0. The van der Waals surface area contributed by atoms with Gasteiger partial charge in [-0.15, -0.1) is 0 Å². The fourth-order valence-electron chi connectivity index (χ4n) is 3.27. The molecular weight excluding hydrogens is 346 g/mol. The smallest absolute Gasteiger partial charge is 0.309 e. The molecule has 0 unspecified atom stereocenters. The molecule has 2 rings (SSSR count). The summed E-state index contributed by atoms with van der Waals surface area (Å²) in [7, 11) is 5.06. The monoisotopic (exact) mass is 377 g/mol. The number of nitrogens with one attached hydrogen (secondary N) is 1. The van der Waals surface area contributed by atoms with Gasteiger partial charge in [-0.3, -0.25) is 9.79 Å². The zero-order chi connectivity index (χ0) is 19.6. The molecule has 0 bridgehead atoms. The van der Waals surface area contributed by atoms with E-state index in [4.69, 9.17) is 14.2 Å². The van der Waals surface area contributed by atoms with Crippen LogP contribution in [0.2, 0.25) is 0 Å². The van der Waals surface area contributed by atoms with E-state index in [0.717, 1.165) is 61.9 Å². The second-order valence-corrected chi connectivity index (χ2v) is 6.43. The second kappa shape index (κ2) is 10.6. The number of likely N-dealkylation sites (tertiary alicyclic amines) is 1. The lowest BCUT2D eigenvalue weighted by molar-refractivity contribution is -0.149. The van der Waals surface area contributed by atoms with Crippen LogP contribution in [0.5, 0.6) is 11.5 Å². The predicted molar refractivity (Wildman–Crippen MR) is 106 cm³/mol. The van der Waals surface area contributed by atoms with Crippen molar-refractivity contribution in [2.24, 2.45) is 10.9 Å². The molecule has 1 aromatic carbocycles. The van der Waals surface area contributed by atoms with Crippen molar-refractivity contribution >= 4 is 11.9 Å². The predicted octanol–water partition coefficient (Wildman–Crippen LogP) is 2.10. The molecule has 1 fully saturated rings. The molecule has 1 saturated heterocycles. The van der Waals surface area contributed by atoms with Crippen molar-refractivity contribution in [3.05, 3.63) is 23.8 Å². The summed E-state index contributed by atoms with van der Waals surface area (Å²) in [6.45, 7) is 4.66. The third-order valence-corrected chi connectivity index (χ3v) is 4.77. The van der Waals surface area contributed by atoms with Gasteiger partial charge in [0.05, 0.1) is 26.7 Å². The number of guanidine groups is 1. The van der Waals surface area contributed by atoms with Gasteiger partial charge in [-0.2, -0.15) is 0 Å². The highest BCUT2D eigenvalue weighted by Crippen LogP contribution is 2.27. The first-order valence-corrected chi connectivity index (χ1v) is 9.46. The van der Waals surface area contributed by atoms with Crippen LogP contribution in [0, 0.1) is 5.92 Å². The van der Waals surface area contributed by atoms with E-state index in [1.54, 1.807) is 21.3 Å². The first-order valence-electron chi connectivity index (χ1n) is 9.46. The Balaban J connectivity index is 1.82. The molecule has 0 spiro atoms. The summed E-state index contributed by atoms with van der Waals surface area (Å²) in [6.07, 6.45) is 2.45. The molecule has 7 heteroatoms. The summed E-state index contributed by atoms with van der Waals surface area (Å²) in [5.74, 6) is 2.27. The number of ether oxygens (including phenoxy) is 3. The Morgan fingerprint density at radius 1 is 1.22 bits per heavy atom. The van der Waals surface area contributed by atoms with Crippen LogP contribution in [0.15, 0.2) is 23.2 Å². The van der Waals surface area contributed by atoms with Gasteiger partial charge >= 0.3 is 5.97 Å². The minimum Gasteiger partial charge on any atom is -0.493 e. The molecule has 0 amide bonds. The van der Waals surface area contributed by atoms with E-state index in [9.17, 15) is 4.79 Å². The molecule has 0 atom stereocenters. The summed E-state index contributed by atoms with van der Waals surface area (Å²) in [4.78, 5) is 18.4. The van der Waals surface area contributed by atoms with Crippen LogP contribution in [0.25, 0.3) is 0 Å². The van der Waals surface area contributed by atoms with Crippen LogP contribution < -0.4 is 14.8 Å². The Kier molecular flexibility index (Phi) is 8.23. The van der Waals surface area contributed by atoms with Crippen molar-refractivity contribution in [2.45, 2.75) is 26.2 Å². The van der Waals surface area contributed by atoms with Crippen molar-refractivity contribution in [1.82, 2.24) is 10.2 Å². The Hall–Kier alpha value is -2.44. The van der Waals surface area contributed by atoms with Crippen LogP contribution in [0.4, 0.5) is 0 Å². The molecular formula is C20H31N3O4. The van der Waals surface area contributed by atoms with Gasteiger partial charge in [-0.05, 0) is 43.9 Å². The summed E-state index contributed by atoms with van der Waals surface area (Å²) in [5, 5.41) is 3.41. The molecule has 27 heavy (non-hydrogen) atoms. The van der Waals surface area contributed by atoms with Crippen LogP contribution in [-0.4, -0.2) is 64.3 Å². The number of methoxy groups -OCH3 is 2. The van der Waals surface area contributed by atoms with Crippen molar-refractivity contribution in [3.8, 4) is 11.5 Å². The first kappa shape index (κ1) is 20.9. The van der Waals surface area contributed by atoms with Gasteiger partial charge in [0, 0.05) is 26.7 Å². The largest absolute Gasteiger partial charge is 0.493 e. The number of piperidine rings is 1. The topological polar surface area (TPSA) is 72.4 Å². The van der Waals surface area contributed by atoms with Gasteiger partial charge in [0.15, 0.2) is 17.5 Å². The Morgan fingerprint density at radius 3 is 2.52 bits per heavy atom. The lowest BCUT2D eigenvalue weighted by Gasteiger charge is -2.33. The highest BCUT2D eigenvalue weighted by Gasteiger charge is 2.27. The average Bonchev–Trinajstić information content (AvgIpc) is 2.71. The fourth-order valence-corrected chi connectivity index (χ4v) is 3.27. The molecule has 0 aliphatic carbocycles. The van der Waals surface area contributed by atoms with Crippen LogP contribution >= 0.6 is 0 Å². The number of hydrogen-bond acceptors (Lipinski definition) is 5. The van der Waals surface area contributed by atoms with E-state index in [1.807, 2.05) is 25.1 Å². The van der Waals surface area contributed by atoms with E-state index >= 15 is 0 Å². The highest BCUT2D eigenvalue weighted by atomic mass is 16.5. The third kappa shape index (κ3) is 5.77. The summed E-state index contributed by atoms with van der Waals surface area (Å²) < 4.78 is 15.8. The molecule has 1 aromatic rings. The average molecular weight is 377 g/mol. The van der Waals surface area contributed by atoms with Crippen molar-refractivity contribution in [1.29, 1.82) is 0 Å². The highest BCUT2D eigenvalue weighted by molar-refractivity contribution is 5.80. The maximum Gasteiger partial charge on any atom is 0.309 e. The molecule has 1 aliphatic rings. The number of esters is 1. The van der Waals surface area contributed by atoms with E-state index < -0.39 is 0 Å². The van der Waals surface area contributed by atoms with E-state index in [-0.39, 0.29) is 11.9 Å². The fraction of sp³-hybridized carbons (Fsp3) is 0.600. The standard InChI is InChI=1S/C20H31N3O4/c1-5-27-19(24)16-9-12-23(13-10-16)20(21-2)22-11-8-15-6-7-17(25-3)18(14-15)26-4/h6-7,14,16H,5,8-13H2,1-4H3,(H,21,22). The normalized spacial score (nSPS) is 15.4. The number of aliphatic imine (C=N–C) groups is 1. The van der Waals surface area contributed by atoms with Crippen LogP contribution in [0.3, 0.4) is 0 Å². The first-order chi connectivity index (χ1) is 13.1. The lowest BCUT2D eigenvalue weighted by Crippen LogP contribution is -2.47. The molecule has 1 aliphatic heterocycles. The van der Waals surface area contributed by atoms with Gasteiger partial charge in [-0.1, -0.05) is 6.07 Å². The lowest BCUT2D eigenvalue weighted by atomic mass is 9.97. The minimum atomic E-state index is -0.0754. The maximum absolute atomic E-state index is 11.9. The Morgan fingerprint density at radius 2 is 1.93 bits per heavy atom. The third-order valence-electron chi connectivity index (χ3n) is 4.77. The number of nitrogens with zero attached hydrogens (tertiary/aromatic N) is 2. The van der Waals surface area contributed by atoms with Gasteiger partial charge in [0.1, 0.15) is 0 Å². The number of carbonyl (C=O) groups is 1. The summed E-state index contributed by atoms with van der Waals surface area (Å²) in [6, 6.07) is 5.95. The molecule has 1 N–H and O–H groups in total. The van der Waals surface area contributed by atoms with Crippen LogP contribution in [-0.2, 0) is 16.0 Å². The minimum absolute atomic E-state index is 0.00562. The van der Waals surface area contributed by atoms with E-state index in [1.165, 1.54) is 0 Å².